The quantitative estimate of drug-likeness (QED) is 0.187. The zero-order chi connectivity index (χ0) is 37.4. The van der Waals surface area contributed by atoms with Gasteiger partial charge in [0.25, 0.3) is 0 Å². The van der Waals surface area contributed by atoms with E-state index in [4.69, 9.17) is 21.8 Å². The van der Waals surface area contributed by atoms with Gasteiger partial charge in [-0.15, -0.1) is 0 Å². The number of para-hydroxylation sites is 2. The van der Waals surface area contributed by atoms with Crippen LogP contribution in [0.25, 0.3) is 89.2 Å². The van der Waals surface area contributed by atoms with Crippen molar-refractivity contribution in [3.63, 3.8) is 0 Å². The van der Waals surface area contributed by atoms with Gasteiger partial charge in [0.15, 0.2) is 11.6 Å². The lowest BCUT2D eigenvalue weighted by Crippen LogP contribution is -2.06. The van der Waals surface area contributed by atoms with E-state index in [1.807, 2.05) is 71.3 Å². The fourth-order valence-corrected chi connectivity index (χ4v) is 7.08. The van der Waals surface area contributed by atoms with Crippen molar-refractivity contribution in [3.05, 3.63) is 176 Å². The Labute approximate surface area is 295 Å². The molecular weight excluding hydrogens is 611 g/mol. The van der Waals surface area contributed by atoms with Crippen LogP contribution in [0.2, 0.25) is 0 Å². The molecule has 0 unspecified atom stereocenters. The summed E-state index contributed by atoms with van der Waals surface area (Å²) in [6.07, 6.45) is 0. The van der Waals surface area contributed by atoms with Crippen molar-refractivity contribution in [2.75, 3.05) is 0 Å². The third kappa shape index (κ3) is 4.45. The maximum absolute atomic E-state index is 8.78. The number of benzene rings is 7. The van der Waals surface area contributed by atoms with E-state index in [0.29, 0.717) is 11.4 Å². The SMILES string of the molecule is [2H]c1c([2H])c([2H])c(-c2nc(-c3ccccc3)nc(-n3c4ccccc4c4c3ccc3c5ccccc5n(-c5ccc(-c6ccccc6)cc5)c34)n2)c([2H])c1[2H]. The molecule has 0 amide bonds. The van der Waals surface area contributed by atoms with Crippen LogP contribution in [-0.2, 0) is 0 Å². The van der Waals surface area contributed by atoms with Crippen molar-refractivity contribution in [1.82, 2.24) is 24.1 Å². The van der Waals surface area contributed by atoms with E-state index in [0.717, 1.165) is 60.4 Å². The second kappa shape index (κ2) is 11.4. The molecule has 10 aromatic rings. The normalized spacial score (nSPS) is 13.0. The van der Waals surface area contributed by atoms with Gasteiger partial charge < -0.3 is 4.57 Å². The first-order valence-electron chi connectivity index (χ1n) is 18.9. The second-order valence-electron chi connectivity index (χ2n) is 12.1. The molecule has 234 valence electrons. The number of hydrogen-bond donors (Lipinski definition) is 0. The zero-order valence-corrected chi connectivity index (χ0v) is 26.6. The summed E-state index contributed by atoms with van der Waals surface area (Å²) < 4.78 is 46.8. The highest BCUT2D eigenvalue weighted by molar-refractivity contribution is 6.26. The van der Waals surface area contributed by atoms with E-state index in [1.54, 1.807) is 0 Å². The predicted molar refractivity (Wildman–Crippen MR) is 205 cm³/mol. The second-order valence-corrected chi connectivity index (χ2v) is 12.1. The van der Waals surface area contributed by atoms with E-state index in [9.17, 15) is 0 Å². The van der Waals surface area contributed by atoms with Crippen LogP contribution in [0.4, 0.5) is 0 Å². The molecule has 0 atom stereocenters. The molecule has 0 aliphatic carbocycles. The summed E-state index contributed by atoms with van der Waals surface area (Å²) in [5, 5.41) is 4.21. The minimum Gasteiger partial charge on any atom is -0.309 e. The highest BCUT2D eigenvalue weighted by Crippen LogP contribution is 2.42. The molecule has 3 heterocycles. The lowest BCUT2D eigenvalue weighted by Gasteiger charge is -2.12. The zero-order valence-electron chi connectivity index (χ0n) is 31.6. The summed E-state index contributed by atoms with van der Waals surface area (Å²) in [4.78, 5) is 14.7. The number of rotatable bonds is 5. The van der Waals surface area contributed by atoms with Gasteiger partial charge in [0.2, 0.25) is 5.95 Å². The van der Waals surface area contributed by atoms with Gasteiger partial charge in [-0.2, -0.15) is 9.97 Å². The molecular formula is C45H29N5. The summed E-state index contributed by atoms with van der Waals surface area (Å²) in [5.41, 5.74) is 7.70. The van der Waals surface area contributed by atoms with Gasteiger partial charge >= 0.3 is 0 Å². The van der Waals surface area contributed by atoms with Crippen molar-refractivity contribution < 1.29 is 6.85 Å². The molecule has 5 heteroatoms. The Morgan fingerprint density at radius 1 is 0.400 bits per heavy atom. The molecule has 0 aliphatic rings. The third-order valence-electron chi connectivity index (χ3n) is 9.28. The van der Waals surface area contributed by atoms with Gasteiger partial charge in [-0.3, -0.25) is 4.57 Å². The average molecular weight is 645 g/mol. The van der Waals surface area contributed by atoms with Crippen LogP contribution in [-0.4, -0.2) is 24.1 Å². The maximum atomic E-state index is 8.78. The Morgan fingerprint density at radius 3 is 1.70 bits per heavy atom. The van der Waals surface area contributed by atoms with E-state index in [2.05, 4.69) is 83.4 Å². The van der Waals surface area contributed by atoms with Crippen molar-refractivity contribution in [2.24, 2.45) is 0 Å². The number of aromatic nitrogens is 5. The van der Waals surface area contributed by atoms with Gasteiger partial charge in [-0.05, 0) is 41.5 Å². The van der Waals surface area contributed by atoms with Gasteiger partial charge in [0.1, 0.15) is 0 Å². The Balaban J connectivity index is 1.29. The molecule has 3 aromatic heterocycles. The summed E-state index contributed by atoms with van der Waals surface area (Å²) >= 11 is 0. The first-order chi connectivity index (χ1) is 26.9. The van der Waals surface area contributed by atoms with Crippen LogP contribution < -0.4 is 0 Å². The summed E-state index contributed by atoms with van der Waals surface area (Å²) in [7, 11) is 0. The molecule has 0 spiro atoms. The van der Waals surface area contributed by atoms with E-state index < -0.39 is 18.1 Å². The fourth-order valence-electron chi connectivity index (χ4n) is 7.08. The van der Waals surface area contributed by atoms with Crippen molar-refractivity contribution in [3.8, 4) is 45.5 Å². The molecule has 7 aromatic carbocycles. The molecule has 0 bridgehead atoms. The molecule has 0 radical (unpaired) electrons. The van der Waals surface area contributed by atoms with Crippen LogP contribution in [0.5, 0.6) is 0 Å². The average Bonchev–Trinajstić information content (AvgIpc) is 3.76. The summed E-state index contributed by atoms with van der Waals surface area (Å²) in [6.45, 7) is 0. The Kier molecular flexibility index (Phi) is 5.35. The van der Waals surface area contributed by atoms with E-state index >= 15 is 0 Å². The first-order valence-corrected chi connectivity index (χ1v) is 16.4. The highest BCUT2D eigenvalue weighted by Gasteiger charge is 2.22. The molecule has 0 aliphatic heterocycles. The standard InChI is InChI=1S/C45H29N5/c1-4-14-30(15-5-1)31-24-26-34(27-25-31)49-38-22-12-10-20-35(38)36-28-29-40-41(42(36)49)37-21-11-13-23-39(37)50(40)45-47-43(32-16-6-2-7-17-32)46-44(48-45)33-18-8-3-9-19-33/h1-29H/i2D,6D,7D,16D,17D. The lowest BCUT2D eigenvalue weighted by molar-refractivity contribution is 0.953. The highest BCUT2D eigenvalue weighted by atomic mass is 15.2. The topological polar surface area (TPSA) is 48.5 Å². The molecule has 0 fully saturated rings. The molecule has 50 heavy (non-hydrogen) atoms. The first kappa shape index (κ1) is 23.5. The number of nitrogens with zero attached hydrogens (tertiary/aromatic N) is 5. The molecule has 0 N–H and O–H groups in total. The summed E-state index contributed by atoms with van der Waals surface area (Å²) in [6, 6.07) is 47.0. The lowest BCUT2D eigenvalue weighted by atomic mass is 10.1. The predicted octanol–water partition coefficient (Wildman–Crippen LogP) is 11.1. The minimum absolute atomic E-state index is 0.0134. The van der Waals surface area contributed by atoms with Gasteiger partial charge in [-0.25, -0.2) is 4.98 Å². The monoisotopic (exact) mass is 644 g/mol. The largest absolute Gasteiger partial charge is 0.309 e. The molecule has 10 rings (SSSR count). The van der Waals surface area contributed by atoms with Gasteiger partial charge in [-0.1, -0.05) is 145 Å². The van der Waals surface area contributed by atoms with Crippen LogP contribution in [0.3, 0.4) is 0 Å². The van der Waals surface area contributed by atoms with E-state index in [1.165, 1.54) is 0 Å². The number of hydrogen-bond acceptors (Lipinski definition) is 3. The van der Waals surface area contributed by atoms with Crippen molar-refractivity contribution >= 4 is 43.6 Å². The molecule has 0 saturated heterocycles. The third-order valence-corrected chi connectivity index (χ3v) is 9.28. The Hall–Kier alpha value is -6.85. The maximum Gasteiger partial charge on any atom is 0.238 e. The Bertz CT molecular complexity index is 3110. The summed E-state index contributed by atoms with van der Waals surface area (Å²) in [5.74, 6) is 0.559. The smallest absolute Gasteiger partial charge is 0.238 e. The van der Waals surface area contributed by atoms with E-state index in [-0.39, 0.29) is 29.4 Å². The van der Waals surface area contributed by atoms with Crippen LogP contribution in [0.1, 0.15) is 6.85 Å². The van der Waals surface area contributed by atoms with Crippen LogP contribution in [0, 0.1) is 0 Å². The van der Waals surface area contributed by atoms with Gasteiger partial charge in [0.05, 0.1) is 28.9 Å². The van der Waals surface area contributed by atoms with Crippen molar-refractivity contribution in [2.45, 2.75) is 0 Å². The van der Waals surface area contributed by atoms with Crippen molar-refractivity contribution in [1.29, 1.82) is 0 Å². The fraction of sp³-hybridized carbons (Fsp3) is 0. The molecule has 5 nitrogen and oxygen atoms in total. The Morgan fingerprint density at radius 2 is 0.980 bits per heavy atom. The minimum atomic E-state index is -0.479. The number of fused-ring (bicyclic) bond motifs is 7. The van der Waals surface area contributed by atoms with Crippen LogP contribution >= 0.6 is 0 Å². The molecule has 0 saturated carbocycles. The van der Waals surface area contributed by atoms with Crippen LogP contribution in [0.15, 0.2) is 176 Å². The van der Waals surface area contributed by atoms with Gasteiger partial charge in [0, 0.05) is 38.4 Å².